The minimum absolute atomic E-state index is 0.0326. The first kappa shape index (κ1) is 20.7. The van der Waals surface area contributed by atoms with Crippen molar-refractivity contribution in [3.63, 3.8) is 0 Å². The molecule has 140 valence electrons. The van der Waals surface area contributed by atoms with Crippen LogP contribution < -0.4 is 0 Å². The zero-order valence-corrected chi connectivity index (χ0v) is 15.9. The molecule has 24 heavy (non-hydrogen) atoms. The molecule has 5 N–H and O–H groups in total. The van der Waals surface area contributed by atoms with Gasteiger partial charge in [-0.25, -0.2) is 13.4 Å². The monoisotopic (exact) mass is 408 g/mol. The second-order valence-electron chi connectivity index (χ2n) is 6.54. The highest BCUT2D eigenvalue weighted by Crippen LogP contribution is 2.71. The van der Waals surface area contributed by atoms with Gasteiger partial charge >= 0.3 is 23.2 Å². The first-order valence-electron chi connectivity index (χ1n) is 7.02. The van der Waals surface area contributed by atoms with Crippen LogP contribution in [0.15, 0.2) is 0 Å². The average molecular weight is 408 g/mol. The van der Waals surface area contributed by atoms with Crippen LogP contribution in [0.3, 0.4) is 0 Å². The fourth-order valence-corrected chi connectivity index (χ4v) is 6.85. The normalized spacial score (nSPS) is 43.7. The topological polar surface area (TPSA) is 180 Å². The standard InChI is InChI=1S/C9H20BO11P3/c1-5-8(2,11)7(10)6-3-9(5,6)19-4-22(12,13)20-24(17,18)21-23(14,15)16/h5-7,11H,3-4,10H2,1-2H3,(H,12,13)(H,17,18)(H2,14,15,16)/t5-,6+,7+,8+,9+/m0/s1. The van der Waals surface area contributed by atoms with Crippen LogP contribution >= 0.6 is 23.2 Å². The van der Waals surface area contributed by atoms with E-state index in [0.717, 1.165) is 0 Å². The van der Waals surface area contributed by atoms with Gasteiger partial charge in [-0.15, -0.1) is 0 Å². The lowest BCUT2D eigenvalue weighted by molar-refractivity contribution is -0.0551. The van der Waals surface area contributed by atoms with Crippen molar-refractivity contribution in [2.45, 2.75) is 37.3 Å². The van der Waals surface area contributed by atoms with Crippen LogP contribution in [-0.2, 0) is 27.1 Å². The van der Waals surface area contributed by atoms with Gasteiger partial charge in [0, 0.05) is 5.92 Å². The van der Waals surface area contributed by atoms with Crippen LogP contribution in [0.5, 0.6) is 0 Å². The summed E-state index contributed by atoms with van der Waals surface area (Å²) in [5.74, 6) is -0.486. The van der Waals surface area contributed by atoms with Crippen LogP contribution in [0.4, 0.5) is 0 Å². The van der Waals surface area contributed by atoms with Crippen molar-refractivity contribution in [1.82, 2.24) is 0 Å². The van der Waals surface area contributed by atoms with Crippen LogP contribution in [0.25, 0.3) is 0 Å². The van der Waals surface area contributed by atoms with Gasteiger partial charge in [0.05, 0.1) is 11.2 Å². The molecule has 2 aliphatic carbocycles. The van der Waals surface area contributed by atoms with Crippen molar-refractivity contribution in [2.24, 2.45) is 11.8 Å². The van der Waals surface area contributed by atoms with E-state index in [2.05, 4.69) is 8.62 Å². The van der Waals surface area contributed by atoms with E-state index in [1.807, 2.05) is 7.85 Å². The van der Waals surface area contributed by atoms with Crippen molar-refractivity contribution in [3.8, 4) is 0 Å². The van der Waals surface area contributed by atoms with Gasteiger partial charge in [0.1, 0.15) is 14.2 Å². The summed E-state index contributed by atoms with van der Waals surface area (Å²) in [5, 5.41) is 10.4. The molecule has 11 nitrogen and oxygen atoms in total. The minimum atomic E-state index is -5.46. The fourth-order valence-electron chi connectivity index (χ4n) is 3.51. The van der Waals surface area contributed by atoms with Crippen molar-refractivity contribution >= 4 is 31.1 Å². The smallest absolute Gasteiger partial charge is 0.390 e. The lowest BCUT2D eigenvalue weighted by Gasteiger charge is -2.33. The van der Waals surface area contributed by atoms with E-state index in [0.29, 0.717) is 6.42 Å². The SMILES string of the molecule is B[C@@H]1[C@H]2C[C@@]2(OCP(=O)(O)OP(=O)(O)OP(=O)(O)O)[C@@H](C)[C@@]1(C)O. The fraction of sp³-hybridized carbons (Fsp3) is 1.00. The number of hydrogen-bond acceptors (Lipinski definition) is 7. The summed E-state index contributed by atoms with van der Waals surface area (Å²) in [4.78, 5) is 35.7. The zero-order valence-electron chi connectivity index (χ0n) is 13.2. The Bertz CT molecular complexity index is 661. The Labute approximate surface area is 139 Å². The maximum atomic E-state index is 11.9. The van der Waals surface area contributed by atoms with Gasteiger partial charge in [0.2, 0.25) is 0 Å². The summed E-state index contributed by atoms with van der Waals surface area (Å²) in [7, 11) is -13.9. The van der Waals surface area contributed by atoms with E-state index in [-0.39, 0.29) is 17.7 Å². The highest BCUT2D eigenvalue weighted by atomic mass is 31.3. The predicted octanol–water partition coefficient (Wildman–Crippen LogP) is -0.0468. The molecule has 0 heterocycles. The molecule has 0 aromatic heterocycles. The second kappa shape index (κ2) is 5.97. The molecule has 0 aromatic carbocycles. The summed E-state index contributed by atoms with van der Waals surface area (Å²) in [5.41, 5.74) is -1.87. The third kappa shape index (κ3) is 4.05. The lowest BCUT2D eigenvalue weighted by atomic mass is 9.70. The van der Waals surface area contributed by atoms with Gasteiger partial charge in [0.25, 0.3) is 0 Å². The van der Waals surface area contributed by atoms with E-state index < -0.39 is 40.8 Å². The molecular formula is C9H20BO11P3. The molecule has 0 saturated heterocycles. The number of aliphatic hydroxyl groups is 1. The molecule has 2 saturated carbocycles. The Morgan fingerprint density at radius 1 is 1.17 bits per heavy atom. The molecular weight excluding hydrogens is 388 g/mol. The molecule has 2 aliphatic rings. The highest BCUT2D eigenvalue weighted by molar-refractivity contribution is 7.68. The van der Waals surface area contributed by atoms with Gasteiger partial charge < -0.3 is 29.4 Å². The first-order chi connectivity index (χ1) is 10.5. The first-order valence-corrected chi connectivity index (χ1v) is 11.8. The Kier molecular flexibility index (Phi) is 5.16. The Hall–Kier alpha value is 0.435. The van der Waals surface area contributed by atoms with E-state index in [9.17, 15) is 23.7 Å². The number of fused-ring (bicyclic) bond motifs is 1. The zero-order chi connectivity index (χ0) is 18.8. The molecule has 0 aromatic rings. The van der Waals surface area contributed by atoms with Gasteiger partial charge in [-0.2, -0.15) is 4.31 Å². The average Bonchev–Trinajstić information content (AvgIpc) is 3.02. The molecule has 0 radical (unpaired) electrons. The van der Waals surface area contributed by atoms with Crippen molar-refractivity contribution in [2.75, 3.05) is 6.35 Å². The third-order valence-electron chi connectivity index (χ3n) is 5.08. The van der Waals surface area contributed by atoms with Gasteiger partial charge in [-0.1, -0.05) is 6.92 Å². The minimum Gasteiger partial charge on any atom is -0.390 e. The van der Waals surface area contributed by atoms with E-state index in [1.54, 1.807) is 13.8 Å². The molecule has 0 amide bonds. The molecule has 0 bridgehead atoms. The molecule has 7 atom stereocenters. The Morgan fingerprint density at radius 2 is 1.71 bits per heavy atom. The third-order valence-corrected chi connectivity index (χ3v) is 9.06. The van der Waals surface area contributed by atoms with Crippen LogP contribution in [0.2, 0.25) is 5.82 Å². The van der Waals surface area contributed by atoms with Gasteiger partial charge in [-0.05, 0) is 25.1 Å². The number of rotatable bonds is 7. The van der Waals surface area contributed by atoms with Crippen LogP contribution in [-0.4, -0.2) is 50.1 Å². The maximum absolute atomic E-state index is 11.9. The van der Waals surface area contributed by atoms with E-state index >= 15 is 0 Å². The van der Waals surface area contributed by atoms with Crippen LogP contribution in [0.1, 0.15) is 20.3 Å². The van der Waals surface area contributed by atoms with E-state index in [4.69, 9.17) is 19.4 Å². The molecule has 2 rings (SSSR count). The number of phosphoric acid groups is 2. The Morgan fingerprint density at radius 3 is 2.12 bits per heavy atom. The molecule has 2 unspecified atom stereocenters. The van der Waals surface area contributed by atoms with E-state index in [1.165, 1.54) is 0 Å². The quantitative estimate of drug-likeness (QED) is 0.282. The van der Waals surface area contributed by atoms with Crippen LogP contribution in [0, 0.1) is 11.8 Å². The lowest BCUT2D eigenvalue weighted by Crippen LogP contribution is -2.39. The molecule has 0 aliphatic heterocycles. The summed E-state index contributed by atoms with van der Waals surface area (Å²) in [6.45, 7) is 3.38. The summed E-state index contributed by atoms with van der Waals surface area (Å²) in [6, 6.07) is 0. The maximum Gasteiger partial charge on any atom is 0.488 e. The van der Waals surface area contributed by atoms with Crippen molar-refractivity contribution in [3.05, 3.63) is 0 Å². The second-order valence-corrected chi connectivity index (χ2v) is 11.3. The predicted molar refractivity (Wildman–Crippen MR) is 82.7 cm³/mol. The van der Waals surface area contributed by atoms with Crippen molar-refractivity contribution < 1.29 is 51.7 Å². The van der Waals surface area contributed by atoms with Crippen molar-refractivity contribution in [1.29, 1.82) is 0 Å². The summed E-state index contributed by atoms with van der Waals surface area (Å²) in [6.07, 6.45) is -0.424. The summed E-state index contributed by atoms with van der Waals surface area (Å²) < 4.78 is 46.6. The molecule has 0 spiro atoms. The van der Waals surface area contributed by atoms with Gasteiger partial charge in [-0.3, -0.25) is 4.57 Å². The highest BCUT2D eigenvalue weighted by Gasteiger charge is 2.73. The van der Waals surface area contributed by atoms with Gasteiger partial charge in [0.15, 0.2) is 0 Å². The molecule has 15 heteroatoms. The number of hydrogen-bond donors (Lipinski definition) is 5. The summed E-state index contributed by atoms with van der Waals surface area (Å²) >= 11 is 0. The number of ether oxygens (including phenoxy) is 1. The Balaban J connectivity index is 2.01. The largest absolute Gasteiger partial charge is 0.488 e. The molecule has 2 fully saturated rings.